The largest absolute Gasteiger partial charge is 0.368 e. The molecule has 0 aromatic heterocycles. The number of hydrogen-bond acceptors (Lipinski definition) is 2. The Balaban J connectivity index is 3.05. The summed E-state index contributed by atoms with van der Waals surface area (Å²) in [6.07, 6.45) is 0. The summed E-state index contributed by atoms with van der Waals surface area (Å²) in [6, 6.07) is 2.05. The molecule has 0 aliphatic carbocycles. The van der Waals surface area contributed by atoms with Gasteiger partial charge in [0.15, 0.2) is 0 Å². The van der Waals surface area contributed by atoms with E-state index in [1.54, 1.807) is 6.92 Å². The highest BCUT2D eigenvalue weighted by Gasteiger charge is 2.17. The second-order valence-electron chi connectivity index (χ2n) is 3.10. The first kappa shape index (κ1) is 11.6. The Kier molecular flexibility index (Phi) is 3.74. The minimum absolute atomic E-state index is 0.196. The Labute approximate surface area is 86.3 Å². The van der Waals surface area contributed by atoms with E-state index in [2.05, 4.69) is 5.32 Å². The molecule has 0 aliphatic heterocycles. The maximum Gasteiger partial charge on any atom is 0.239 e. The number of likely N-dealkylation sites (N-methyl/N-ethyl adjacent to an activating group) is 1. The van der Waals surface area contributed by atoms with Gasteiger partial charge in [0.2, 0.25) is 5.91 Å². The van der Waals surface area contributed by atoms with Crippen LogP contribution in [0.25, 0.3) is 0 Å². The average Bonchev–Trinajstić information content (AvgIpc) is 2.11. The summed E-state index contributed by atoms with van der Waals surface area (Å²) in [6.45, 7) is 2.25. The third-order valence-electron chi connectivity index (χ3n) is 1.91. The van der Waals surface area contributed by atoms with Crippen molar-refractivity contribution < 1.29 is 13.6 Å². The van der Waals surface area contributed by atoms with Crippen molar-refractivity contribution >= 4 is 5.91 Å². The second-order valence-corrected chi connectivity index (χ2v) is 3.10. The number of halogens is 2. The Bertz CT molecular complexity index is 348. The van der Waals surface area contributed by atoms with Crippen LogP contribution in [0.5, 0.6) is 0 Å². The average molecular weight is 214 g/mol. The Hall–Kier alpha value is -1.49. The van der Waals surface area contributed by atoms with Crippen LogP contribution in [0.2, 0.25) is 0 Å². The van der Waals surface area contributed by atoms with Crippen LogP contribution in [0.4, 0.5) is 8.78 Å². The van der Waals surface area contributed by atoms with Gasteiger partial charge >= 0.3 is 0 Å². The van der Waals surface area contributed by atoms with Gasteiger partial charge in [-0.15, -0.1) is 0 Å². The van der Waals surface area contributed by atoms with Gasteiger partial charge in [0.05, 0.1) is 0 Å². The monoisotopic (exact) mass is 214 g/mol. The van der Waals surface area contributed by atoms with Gasteiger partial charge in [0.1, 0.15) is 17.7 Å². The van der Waals surface area contributed by atoms with Crippen molar-refractivity contribution in [2.45, 2.75) is 13.0 Å². The zero-order chi connectivity index (χ0) is 11.4. The molecule has 3 N–H and O–H groups in total. The number of nitrogens with one attached hydrogen (secondary N) is 1. The highest BCUT2D eigenvalue weighted by atomic mass is 19.1. The summed E-state index contributed by atoms with van der Waals surface area (Å²) in [4.78, 5) is 11.0. The smallest absolute Gasteiger partial charge is 0.239 e. The Morgan fingerprint density at radius 1 is 1.40 bits per heavy atom. The SMILES string of the molecule is CCNC(C(N)=O)c1cc(F)cc(F)c1. The lowest BCUT2D eigenvalue weighted by molar-refractivity contribution is -0.120. The number of primary amides is 1. The molecule has 1 aromatic carbocycles. The lowest BCUT2D eigenvalue weighted by Crippen LogP contribution is -2.33. The summed E-state index contributed by atoms with van der Waals surface area (Å²) in [5.41, 5.74) is 5.30. The minimum Gasteiger partial charge on any atom is -0.368 e. The molecule has 1 rings (SSSR count). The molecule has 0 aliphatic rings. The molecule has 0 saturated carbocycles. The topological polar surface area (TPSA) is 55.1 Å². The number of carbonyl (C=O) groups is 1. The van der Waals surface area contributed by atoms with E-state index in [9.17, 15) is 13.6 Å². The second kappa shape index (κ2) is 4.84. The van der Waals surface area contributed by atoms with Crippen LogP contribution in [0.3, 0.4) is 0 Å². The first-order valence-corrected chi connectivity index (χ1v) is 4.53. The minimum atomic E-state index is -0.861. The molecule has 3 nitrogen and oxygen atoms in total. The number of amides is 1. The van der Waals surface area contributed by atoms with Gasteiger partial charge in [0.25, 0.3) is 0 Å². The predicted molar refractivity (Wildman–Crippen MR) is 52.0 cm³/mol. The molecule has 82 valence electrons. The molecule has 0 bridgehead atoms. The fourth-order valence-electron chi connectivity index (χ4n) is 1.33. The van der Waals surface area contributed by atoms with E-state index in [0.717, 1.165) is 18.2 Å². The van der Waals surface area contributed by atoms with Crippen LogP contribution in [0.15, 0.2) is 18.2 Å². The fourth-order valence-corrected chi connectivity index (χ4v) is 1.33. The Morgan fingerprint density at radius 2 is 1.93 bits per heavy atom. The van der Waals surface area contributed by atoms with Crippen molar-refractivity contribution in [3.63, 3.8) is 0 Å². The highest BCUT2D eigenvalue weighted by molar-refractivity contribution is 5.81. The van der Waals surface area contributed by atoms with Gasteiger partial charge in [-0.25, -0.2) is 8.78 Å². The van der Waals surface area contributed by atoms with Gasteiger partial charge in [-0.2, -0.15) is 0 Å². The van der Waals surface area contributed by atoms with Crippen LogP contribution in [-0.2, 0) is 4.79 Å². The molecule has 0 heterocycles. The number of carbonyl (C=O) groups excluding carboxylic acids is 1. The summed E-state index contributed by atoms with van der Waals surface area (Å²) < 4.78 is 25.7. The van der Waals surface area contributed by atoms with Crippen molar-refractivity contribution in [3.8, 4) is 0 Å². The molecule has 0 radical (unpaired) electrons. The van der Waals surface area contributed by atoms with E-state index in [1.165, 1.54) is 0 Å². The van der Waals surface area contributed by atoms with Crippen molar-refractivity contribution in [2.75, 3.05) is 6.54 Å². The molecule has 1 aromatic rings. The van der Waals surface area contributed by atoms with Crippen molar-refractivity contribution in [2.24, 2.45) is 5.73 Å². The molecule has 5 heteroatoms. The van der Waals surface area contributed by atoms with E-state index in [-0.39, 0.29) is 5.56 Å². The third-order valence-corrected chi connectivity index (χ3v) is 1.91. The van der Waals surface area contributed by atoms with Crippen molar-refractivity contribution in [1.29, 1.82) is 0 Å². The number of rotatable bonds is 4. The van der Waals surface area contributed by atoms with E-state index < -0.39 is 23.6 Å². The maximum atomic E-state index is 12.9. The quantitative estimate of drug-likeness (QED) is 0.788. The predicted octanol–water partition coefficient (Wildman–Crippen LogP) is 1.10. The van der Waals surface area contributed by atoms with Gasteiger partial charge in [-0.3, -0.25) is 4.79 Å². The van der Waals surface area contributed by atoms with Gasteiger partial charge in [-0.05, 0) is 24.2 Å². The van der Waals surface area contributed by atoms with E-state index in [0.29, 0.717) is 6.54 Å². The Morgan fingerprint density at radius 3 is 2.33 bits per heavy atom. The maximum absolute atomic E-state index is 12.9. The number of nitrogens with two attached hydrogens (primary N) is 1. The molecular weight excluding hydrogens is 202 g/mol. The summed E-state index contributed by atoms with van der Waals surface area (Å²) in [5.74, 6) is -2.12. The molecule has 1 atom stereocenters. The van der Waals surface area contributed by atoms with Gasteiger partial charge in [0, 0.05) is 6.07 Å². The van der Waals surface area contributed by atoms with Crippen LogP contribution < -0.4 is 11.1 Å². The highest BCUT2D eigenvalue weighted by Crippen LogP contribution is 2.15. The lowest BCUT2D eigenvalue weighted by Gasteiger charge is -2.14. The summed E-state index contributed by atoms with van der Waals surface area (Å²) >= 11 is 0. The van der Waals surface area contributed by atoms with Gasteiger partial charge < -0.3 is 11.1 Å². The molecular formula is C10H12F2N2O. The van der Waals surface area contributed by atoms with Crippen LogP contribution in [0, 0.1) is 11.6 Å². The zero-order valence-electron chi connectivity index (χ0n) is 8.26. The molecule has 0 saturated heterocycles. The van der Waals surface area contributed by atoms with E-state index in [4.69, 9.17) is 5.73 Å². The molecule has 0 spiro atoms. The summed E-state index contributed by atoms with van der Waals surface area (Å²) in [5, 5.41) is 2.74. The third kappa shape index (κ3) is 2.99. The van der Waals surface area contributed by atoms with E-state index in [1.807, 2.05) is 0 Å². The lowest BCUT2D eigenvalue weighted by atomic mass is 10.1. The standard InChI is InChI=1S/C10H12F2N2O/c1-2-14-9(10(13)15)6-3-7(11)5-8(12)4-6/h3-5,9,14H,2H2,1H3,(H2,13,15). The number of hydrogen-bond donors (Lipinski definition) is 2. The van der Waals surface area contributed by atoms with Crippen LogP contribution >= 0.6 is 0 Å². The van der Waals surface area contributed by atoms with Crippen molar-refractivity contribution in [1.82, 2.24) is 5.32 Å². The molecule has 1 amide bonds. The molecule has 15 heavy (non-hydrogen) atoms. The normalized spacial score (nSPS) is 12.5. The first-order chi connectivity index (χ1) is 7.04. The number of benzene rings is 1. The summed E-state index contributed by atoms with van der Waals surface area (Å²) in [7, 11) is 0. The van der Waals surface area contributed by atoms with E-state index >= 15 is 0 Å². The van der Waals surface area contributed by atoms with Crippen molar-refractivity contribution in [3.05, 3.63) is 35.4 Å². The van der Waals surface area contributed by atoms with Gasteiger partial charge in [-0.1, -0.05) is 6.92 Å². The zero-order valence-corrected chi connectivity index (χ0v) is 8.26. The molecule has 0 fully saturated rings. The molecule has 1 unspecified atom stereocenters. The first-order valence-electron chi connectivity index (χ1n) is 4.53. The van der Waals surface area contributed by atoms with Crippen LogP contribution in [0.1, 0.15) is 18.5 Å². The van der Waals surface area contributed by atoms with Crippen LogP contribution in [-0.4, -0.2) is 12.5 Å². The fraction of sp³-hybridized carbons (Fsp3) is 0.300.